The number of hydrogen-bond acceptors (Lipinski definition) is 4. The number of aromatic nitrogens is 2. The zero-order valence-corrected chi connectivity index (χ0v) is 16.2. The lowest BCUT2D eigenvalue weighted by molar-refractivity contribution is -0.166. The lowest BCUT2D eigenvalue weighted by Gasteiger charge is -2.39. The van der Waals surface area contributed by atoms with E-state index in [4.69, 9.17) is 0 Å². The smallest absolute Gasteiger partial charge is 0.352 e. The number of aliphatic hydroxyl groups excluding tert-OH is 1. The van der Waals surface area contributed by atoms with Crippen LogP contribution in [-0.2, 0) is 17.8 Å². The number of aliphatic hydroxyl groups is 1. The number of carbonyl (C=O) groups is 2. The number of alkyl halides is 2. The highest BCUT2D eigenvalue weighted by Gasteiger charge is 2.53. The van der Waals surface area contributed by atoms with Gasteiger partial charge in [0, 0.05) is 30.9 Å². The molecular weight excluding hydrogens is 401 g/mol. The fourth-order valence-corrected chi connectivity index (χ4v) is 4.35. The first-order valence-electron chi connectivity index (χ1n) is 9.65. The maximum absolute atomic E-state index is 15.1. The third kappa shape index (κ3) is 3.55. The van der Waals surface area contributed by atoms with Crippen LogP contribution >= 0.6 is 0 Å². The van der Waals surface area contributed by atoms with Crippen molar-refractivity contribution >= 4 is 17.5 Å². The third-order valence-electron chi connectivity index (χ3n) is 5.74. The number of rotatable bonds is 4. The van der Waals surface area contributed by atoms with Crippen molar-refractivity contribution in [2.75, 3.05) is 5.32 Å². The Kier molecular flexibility index (Phi) is 5.05. The number of hydrogen-bond donors (Lipinski definition) is 2. The van der Waals surface area contributed by atoms with Crippen molar-refractivity contribution in [3.63, 3.8) is 0 Å². The van der Waals surface area contributed by atoms with Crippen LogP contribution < -0.4 is 5.32 Å². The lowest BCUT2D eigenvalue weighted by atomic mass is 9.96. The Morgan fingerprint density at radius 2 is 1.90 bits per heavy atom. The Morgan fingerprint density at radius 1 is 1.23 bits per heavy atom. The molecule has 0 saturated carbocycles. The number of halogens is 3. The van der Waals surface area contributed by atoms with Crippen molar-refractivity contribution in [3.8, 4) is 0 Å². The molecule has 7 nitrogen and oxygen atoms in total. The second-order valence-electron chi connectivity index (χ2n) is 7.85. The van der Waals surface area contributed by atoms with E-state index in [0.29, 0.717) is 24.6 Å². The molecule has 160 valence electrons. The number of benzene rings is 1. The van der Waals surface area contributed by atoms with Gasteiger partial charge in [0.1, 0.15) is 5.82 Å². The zero-order chi connectivity index (χ0) is 21.6. The van der Waals surface area contributed by atoms with Gasteiger partial charge in [-0.15, -0.1) is 0 Å². The van der Waals surface area contributed by atoms with E-state index < -0.39 is 47.3 Å². The predicted molar refractivity (Wildman–Crippen MR) is 100 cm³/mol. The van der Waals surface area contributed by atoms with E-state index in [0.717, 1.165) is 17.0 Å². The first-order chi connectivity index (χ1) is 14.2. The summed E-state index contributed by atoms with van der Waals surface area (Å²) in [5.74, 6) is -7.63. The molecular formula is C20H21F3N4O3. The molecule has 1 aromatic carbocycles. The second-order valence-corrected chi connectivity index (χ2v) is 7.85. The lowest BCUT2D eigenvalue weighted by Crippen LogP contribution is -2.53. The van der Waals surface area contributed by atoms with E-state index in [9.17, 15) is 19.1 Å². The maximum Gasteiger partial charge on any atom is 0.352 e. The summed E-state index contributed by atoms with van der Waals surface area (Å²) in [5.41, 5.74) is -1.00. The summed E-state index contributed by atoms with van der Waals surface area (Å²) in [6, 6.07) is 1.56. The fraction of sp³-hybridized carbons (Fsp3) is 0.450. The van der Waals surface area contributed by atoms with Crippen molar-refractivity contribution in [2.24, 2.45) is 7.05 Å². The molecule has 2 amide bonds. The van der Waals surface area contributed by atoms with E-state index in [1.54, 1.807) is 7.05 Å². The molecule has 0 unspecified atom stereocenters. The first-order valence-corrected chi connectivity index (χ1v) is 9.65. The molecule has 0 aliphatic carbocycles. The number of piperidine rings is 1. The molecule has 2 aliphatic rings. The summed E-state index contributed by atoms with van der Waals surface area (Å²) in [5, 5.41) is 16.2. The average Bonchev–Trinajstić information content (AvgIpc) is 3.21. The molecule has 3 heterocycles. The molecule has 1 aromatic heterocycles. The van der Waals surface area contributed by atoms with Gasteiger partial charge in [-0.2, -0.15) is 13.9 Å². The largest absolute Gasteiger partial charge is 0.393 e. The maximum atomic E-state index is 15.1. The summed E-state index contributed by atoms with van der Waals surface area (Å²) < 4.78 is 46.0. The van der Waals surface area contributed by atoms with Crippen LogP contribution in [0.25, 0.3) is 0 Å². The van der Waals surface area contributed by atoms with Crippen molar-refractivity contribution in [3.05, 3.63) is 47.5 Å². The van der Waals surface area contributed by atoms with Crippen LogP contribution in [0.1, 0.15) is 41.6 Å². The van der Waals surface area contributed by atoms with Gasteiger partial charge in [-0.1, -0.05) is 0 Å². The topological polar surface area (TPSA) is 87.5 Å². The molecule has 0 spiro atoms. The highest BCUT2D eigenvalue weighted by atomic mass is 19.3. The summed E-state index contributed by atoms with van der Waals surface area (Å²) in [6.45, 7) is 0. The predicted octanol–water partition coefficient (Wildman–Crippen LogP) is 2.42. The summed E-state index contributed by atoms with van der Waals surface area (Å²) in [6.07, 6.45) is 3.78. The SMILES string of the molecule is Cn1cc(NC(=O)c2ccc(F)c(C(F)(F)C(=O)N3[C@@H]4CC[C@H]3C[C@@H](O)C4)c2)cn1. The Morgan fingerprint density at radius 3 is 2.50 bits per heavy atom. The van der Waals surface area contributed by atoms with Gasteiger partial charge in [0.15, 0.2) is 0 Å². The second kappa shape index (κ2) is 7.42. The molecule has 30 heavy (non-hydrogen) atoms. The van der Waals surface area contributed by atoms with Crippen LogP contribution in [0, 0.1) is 5.82 Å². The van der Waals surface area contributed by atoms with Gasteiger partial charge in [0.25, 0.3) is 11.8 Å². The van der Waals surface area contributed by atoms with E-state index in [2.05, 4.69) is 10.4 Å². The molecule has 2 N–H and O–H groups in total. The summed E-state index contributed by atoms with van der Waals surface area (Å²) in [7, 11) is 1.64. The molecule has 10 heteroatoms. The minimum Gasteiger partial charge on any atom is -0.393 e. The van der Waals surface area contributed by atoms with Crippen molar-refractivity contribution < 1.29 is 27.9 Å². The van der Waals surface area contributed by atoms with Crippen LogP contribution in [0.3, 0.4) is 0 Å². The highest BCUT2D eigenvalue weighted by Crippen LogP contribution is 2.41. The molecule has 2 saturated heterocycles. The Labute approximate surface area is 170 Å². The van der Waals surface area contributed by atoms with Gasteiger partial charge in [-0.05, 0) is 43.9 Å². The molecule has 2 bridgehead atoms. The highest BCUT2D eigenvalue weighted by molar-refractivity contribution is 6.04. The van der Waals surface area contributed by atoms with Gasteiger partial charge < -0.3 is 15.3 Å². The van der Waals surface area contributed by atoms with E-state index in [1.807, 2.05) is 0 Å². The van der Waals surface area contributed by atoms with Gasteiger partial charge in [-0.3, -0.25) is 14.3 Å². The molecule has 2 aliphatic heterocycles. The van der Waals surface area contributed by atoms with Crippen molar-refractivity contribution in [1.82, 2.24) is 14.7 Å². The van der Waals surface area contributed by atoms with Crippen LogP contribution in [0.15, 0.2) is 30.6 Å². The van der Waals surface area contributed by atoms with Crippen LogP contribution in [0.2, 0.25) is 0 Å². The fourth-order valence-electron chi connectivity index (χ4n) is 4.35. The Hall–Kier alpha value is -2.88. The normalized spacial score (nSPS) is 23.5. The molecule has 2 fully saturated rings. The number of aryl methyl sites for hydroxylation is 1. The van der Waals surface area contributed by atoms with Crippen molar-refractivity contribution in [2.45, 2.75) is 49.8 Å². The van der Waals surface area contributed by atoms with Gasteiger partial charge >= 0.3 is 5.92 Å². The van der Waals surface area contributed by atoms with Crippen LogP contribution in [0.4, 0.5) is 18.9 Å². The number of amides is 2. The van der Waals surface area contributed by atoms with E-state index in [-0.39, 0.29) is 18.4 Å². The number of anilines is 1. The number of nitrogens with zero attached hydrogens (tertiary/aromatic N) is 3. The minimum atomic E-state index is -4.14. The van der Waals surface area contributed by atoms with Gasteiger partial charge in [0.05, 0.1) is 23.6 Å². The first kappa shape index (κ1) is 20.4. The average molecular weight is 422 g/mol. The van der Waals surface area contributed by atoms with Gasteiger partial charge in [0.2, 0.25) is 0 Å². The standard InChI is InChI=1S/C20H21F3N4O3/c1-26-10-12(9-24-26)25-18(29)11-2-5-17(21)16(6-11)20(22,23)19(30)27-13-3-4-14(27)8-15(28)7-13/h2,5-6,9-10,13-15,28H,3-4,7-8H2,1H3,(H,25,29)/t13-,14+,15+. The monoisotopic (exact) mass is 422 g/mol. The van der Waals surface area contributed by atoms with Gasteiger partial charge in [-0.25, -0.2) is 4.39 Å². The third-order valence-corrected chi connectivity index (χ3v) is 5.74. The number of nitrogens with one attached hydrogen (secondary N) is 1. The van der Waals surface area contributed by atoms with Crippen LogP contribution in [-0.4, -0.2) is 49.8 Å². The Balaban J connectivity index is 1.60. The summed E-state index contributed by atoms with van der Waals surface area (Å²) in [4.78, 5) is 26.2. The minimum absolute atomic E-state index is 0.209. The summed E-state index contributed by atoms with van der Waals surface area (Å²) >= 11 is 0. The van der Waals surface area contributed by atoms with E-state index >= 15 is 8.78 Å². The zero-order valence-electron chi connectivity index (χ0n) is 16.2. The van der Waals surface area contributed by atoms with Crippen molar-refractivity contribution in [1.29, 1.82) is 0 Å². The number of carbonyl (C=O) groups excluding carboxylic acids is 2. The quantitative estimate of drug-likeness (QED) is 0.792. The van der Waals surface area contributed by atoms with E-state index in [1.165, 1.54) is 17.1 Å². The molecule has 4 rings (SSSR count). The Bertz CT molecular complexity index is 979. The van der Waals surface area contributed by atoms with Crippen LogP contribution in [0.5, 0.6) is 0 Å². The molecule has 3 atom stereocenters. The molecule has 0 radical (unpaired) electrons. The molecule has 2 aromatic rings. The number of fused-ring (bicyclic) bond motifs is 2.